The first kappa shape index (κ1) is 18.3. The summed E-state index contributed by atoms with van der Waals surface area (Å²) in [6.07, 6.45) is 6.67. The summed E-state index contributed by atoms with van der Waals surface area (Å²) >= 11 is 0. The van der Waals surface area contributed by atoms with E-state index < -0.39 is 15.3 Å². The zero-order chi connectivity index (χ0) is 19.6. The lowest BCUT2D eigenvalue weighted by Gasteiger charge is -2.38. The predicted octanol–water partition coefficient (Wildman–Crippen LogP) is 1.21. The zero-order valence-corrected chi connectivity index (χ0v) is 15.8. The van der Waals surface area contributed by atoms with Gasteiger partial charge in [0.05, 0.1) is 0 Å². The van der Waals surface area contributed by atoms with Crippen molar-refractivity contribution in [3.8, 4) is 5.82 Å². The molecule has 0 unspecified atom stereocenters. The molecule has 4 rings (SSSR count). The van der Waals surface area contributed by atoms with Gasteiger partial charge in [0.2, 0.25) is 10.0 Å². The molecule has 1 aliphatic heterocycles. The highest BCUT2D eigenvalue weighted by atomic mass is 32.2. The van der Waals surface area contributed by atoms with Crippen LogP contribution in [0.25, 0.3) is 5.82 Å². The van der Waals surface area contributed by atoms with Crippen molar-refractivity contribution >= 4 is 15.9 Å². The lowest BCUT2D eigenvalue weighted by molar-refractivity contribution is 0.0658. The molecule has 9 heteroatoms. The number of amides is 1. The number of benzene rings is 1. The van der Waals surface area contributed by atoms with Gasteiger partial charge in [-0.3, -0.25) is 9.36 Å². The second-order valence-corrected chi connectivity index (χ2v) is 8.60. The molecule has 0 atom stereocenters. The van der Waals surface area contributed by atoms with Gasteiger partial charge in [-0.1, -0.05) is 18.2 Å². The van der Waals surface area contributed by atoms with Crippen molar-refractivity contribution in [3.05, 3.63) is 78.5 Å². The Morgan fingerprint density at radius 3 is 2.64 bits per heavy atom. The van der Waals surface area contributed by atoms with Crippen LogP contribution in [0.4, 0.5) is 0 Å². The van der Waals surface area contributed by atoms with Gasteiger partial charge < -0.3 is 4.90 Å². The number of aromatic nitrogens is 3. The highest BCUT2D eigenvalue weighted by Gasteiger charge is 2.39. The number of carbonyl (C=O) groups excluding carboxylic acids is 1. The molecule has 1 aromatic carbocycles. The van der Waals surface area contributed by atoms with E-state index >= 15 is 0 Å². The molecular weight excluding hydrogens is 378 g/mol. The van der Waals surface area contributed by atoms with Crippen LogP contribution in [0.15, 0.2) is 67.4 Å². The number of hydrogen-bond acceptors (Lipinski definition) is 5. The molecule has 3 aromatic rings. The highest BCUT2D eigenvalue weighted by molar-refractivity contribution is 7.90. The number of imidazole rings is 1. The van der Waals surface area contributed by atoms with Crippen molar-refractivity contribution in [1.29, 1.82) is 0 Å². The summed E-state index contributed by atoms with van der Waals surface area (Å²) in [6, 6.07) is 12.4. The van der Waals surface area contributed by atoms with Crippen LogP contribution >= 0.6 is 0 Å². The van der Waals surface area contributed by atoms with Crippen LogP contribution in [-0.2, 0) is 16.6 Å². The topological polar surface area (TPSA) is 97.2 Å². The maximum absolute atomic E-state index is 12.5. The third kappa shape index (κ3) is 3.80. The van der Waals surface area contributed by atoms with Gasteiger partial charge in [0, 0.05) is 43.8 Å². The largest absolute Gasteiger partial charge is 0.336 e. The molecule has 28 heavy (non-hydrogen) atoms. The third-order valence-electron chi connectivity index (χ3n) is 4.65. The highest BCUT2D eigenvalue weighted by Crippen LogP contribution is 2.19. The van der Waals surface area contributed by atoms with Crippen LogP contribution in [0, 0.1) is 0 Å². The van der Waals surface area contributed by atoms with Crippen molar-refractivity contribution in [2.45, 2.75) is 11.8 Å². The summed E-state index contributed by atoms with van der Waals surface area (Å²) in [5.74, 6) is 0.517. The van der Waals surface area contributed by atoms with Gasteiger partial charge in [-0.15, -0.1) is 0 Å². The minimum atomic E-state index is -3.52. The average Bonchev–Trinajstić information content (AvgIpc) is 3.21. The van der Waals surface area contributed by atoms with E-state index in [1.54, 1.807) is 70.8 Å². The first-order valence-corrected chi connectivity index (χ1v) is 10.3. The SMILES string of the molecule is O=C(c1ccccc1)N1CC(S(=O)(=O)NCc2ccnc(-n3ccnc3)c2)C1. The second-order valence-electron chi connectivity index (χ2n) is 6.56. The molecule has 1 fully saturated rings. The summed E-state index contributed by atoms with van der Waals surface area (Å²) in [7, 11) is -3.52. The molecule has 2 aromatic heterocycles. The Balaban J connectivity index is 1.35. The van der Waals surface area contributed by atoms with Crippen LogP contribution in [0.3, 0.4) is 0 Å². The fourth-order valence-electron chi connectivity index (χ4n) is 2.97. The number of nitrogens with one attached hydrogen (secondary N) is 1. The van der Waals surface area contributed by atoms with Gasteiger partial charge >= 0.3 is 0 Å². The molecule has 1 aliphatic rings. The van der Waals surface area contributed by atoms with Crippen molar-refractivity contribution in [3.63, 3.8) is 0 Å². The summed E-state index contributed by atoms with van der Waals surface area (Å²) in [5, 5.41) is -0.602. The number of pyridine rings is 1. The molecule has 1 saturated heterocycles. The van der Waals surface area contributed by atoms with Gasteiger partial charge in [-0.2, -0.15) is 0 Å². The number of sulfonamides is 1. The summed E-state index contributed by atoms with van der Waals surface area (Å²) in [5.41, 5.74) is 1.36. The Morgan fingerprint density at radius 1 is 1.14 bits per heavy atom. The Kier molecular flexibility index (Phi) is 4.93. The van der Waals surface area contributed by atoms with Gasteiger partial charge in [-0.05, 0) is 29.8 Å². The molecule has 0 spiro atoms. The minimum Gasteiger partial charge on any atom is -0.336 e. The van der Waals surface area contributed by atoms with E-state index in [1.807, 2.05) is 6.07 Å². The average molecular weight is 397 g/mol. The summed E-state index contributed by atoms with van der Waals surface area (Å²) in [4.78, 5) is 22.1. The number of rotatable bonds is 6. The van der Waals surface area contributed by atoms with E-state index in [4.69, 9.17) is 0 Å². The summed E-state index contributed by atoms with van der Waals surface area (Å²) in [6.45, 7) is 0.551. The number of hydrogen-bond donors (Lipinski definition) is 1. The van der Waals surface area contributed by atoms with E-state index in [2.05, 4.69) is 14.7 Å². The number of likely N-dealkylation sites (tertiary alicyclic amines) is 1. The van der Waals surface area contributed by atoms with E-state index in [9.17, 15) is 13.2 Å². The second kappa shape index (κ2) is 7.53. The van der Waals surface area contributed by atoms with Crippen molar-refractivity contribution < 1.29 is 13.2 Å². The molecule has 8 nitrogen and oxygen atoms in total. The zero-order valence-electron chi connectivity index (χ0n) is 15.0. The smallest absolute Gasteiger partial charge is 0.253 e. The first-order chi connectivity index (χ1) is 13.5. The molecule has 3 heterocycles. The maximum Gasteiger partial charge on any atom is 0.253 e. The molecule has 144 valence electrons. The molecule has 1 amide bonds. The predicted molar refractivity (Wildman–Crippen MR) is 103 cm³/mol. The van der Waals surface area contributed by atoms with Crippen LogP contribution in [0.5, 0.6) is 0 Å². The minimum absolute atomic E-state index is 0.147. The lowest BCUT2D eigenvalue weighted by Crippen LogP contribution is -2.59. The van der Waals surface area contributed by atoms with Crippen molar-refractivity contribution in [2.24, 2.45) is 0 Å². The Labute approximate surface area is 162 Å². The van der Waals surface area contributed by atoms with Crippen LogP contribution in [0.2, 0.25) is 0 Å². The van der Waals surface area contributed by atoms with Gasteiger partial charge in [0.1, 0.15) is 17.4 Å². The van der Waals surface area contributed by atoms with Crippen LogP contribution < -0.4 is 4.72 Å². The Bertz CT molecular complexity index is 1060. The normalized spacial score (nSPS) is 14.6. The van der Waals surface area contributed by atoms with Crippen molar-refractivity contribution in [1.82, 2.24) is 24.2 Å². The maximum atomic E-state index is 12.5. The number of nitrogens with zero attached hydrogens (tertiary/aromatic N) is 4. The molecule has 0 saturated carbocycles. The quantitative estimate of drug-likeness (QED) is 0.674. The van der Waals surface area contributed by atoms with Crippen LogP contribution in [-0.4, -0.2) is 52.1 Å². The van der Waals surface area contributed by atoms with E-state index in [0.717, 1.165) is 5.56 Å². The lowest BCUT2D eigenvalue weighted by atomic mass is 10.1. The summed E-state index contributed by atoms with van der Waals surface area (Å²) < 4.78 is 29.4. The fraction of sp³-hybridized carbons (Fsp3) is 0.211. The molecule has 1 N–H and O–H groups in total. The number of carbonyl (C=O) groups is 1. The van der Waals surface area contributed by atoms with Crippen LogP contribution in [0.1, 0.15) is 15.9 Å². The monoisotopic (exact) mass is 397 g/mol. The Hall–Kier alpha value is -3.04. The van der Waals surface area contributed by atoms with Gasteiger partial charge in [0.15, 0.2) is 0 Å². The van der Waals surface area contributed by atoms with E-state index in [-0.39, 0.29) is 25.5 Å². The molecule has 0 radical (unpaired) electrons. The van der Waals surface area contributed by atoms with E-state index in [0.29, 0.717) is 11.4 Å². The Morgan fingerprint density at radius 2 is 1.93 bits per heavy atom. The standard InChI is InChI=1S/C19H19N5O3S/c25-19(16-4-2-1-3-5-16)24-12-17(13-24)28(26,27)22-11-15-6-7-21-18(10-15)23-9-8-20-14-23/h1-10,14,17,22H,11-13H2. The fourth-order valence-corrected chi connectivity index (χ4v) is 4.33. The first-order valence-electron chi connectivity index (χ1n) is 8.79. The van der Waals surface area contributed by atoms with Crippen molar-refractivity contribution in [2.75, 3.05) is 13.1 Å². The van der Waals surface area contributed by atoms with Gasteiger partial charge in [-0.25, -0.2) is 23.1 Å². The van der Waals surface area contributed by atoms with E-state index in [1.165, 1.54) is 0 Å². The molecule has 0 bridgehead atoms. The third-order valence-corrected chi connectivity index (χ3v) is 6.37. The van der Waals surface area contributed by atoms with Gasteiger partial charge in [0.25, 0.3) is 5.91 Å². The molecule has 0 aliphatic carbocycles. The molecular formula is C19H19N5O3S.